The second-order valence-corrected chi connectivity index (χ2v) is 5.18. The van der Waals surface area contributed by atoms with Crippen molar-refractivity contribution in [3.05, 3.63) is 46.7 Å². The van der Waals surface area contributed by atoms with E-state index in [4.69, 9.17) is 5.73 Å². The Morgan fingerprint density at radius 1 is 1.32 bits per heavy atom. The standard InChI is InChI=1S/C14H17N3OS/c1-2-17(10-13-4-3-9-19-13)14(18)16-12-7-5-11(15)6-8-12/h3-9H,2,10,15H2,1H3,(H,16,18). The van der Waals surface area contributed by atoms with Crippen molar-refractivity contribution in [2.24, 2.45) is 0 Å². The van der Waals surface area contributed by atoms with Crippen molar-refractivity contribution in [2.45, 2.75) is 13.5 Å². The molecule has 0 saturated heterocycles. The molecular formula is C14H17N3OS. The van der Waals surface area contributed by atoms with Crippen molar-refractivity contribution in [3.8, 4) is 0 Å². The number of benzene rings is 1. The van der Waals surface area contributed by atoms with E-state index in [1.165, 1.54) is 4.88 Å². The van der Waals surface area contributed by atoms with Crippen molar-refractivity contribution < 1.29 is 4.79 Å². The van der Waals surface area contributed by atoms with E-state index in [0.29, 0.717) is 18.8 Å². The topological polar surface area (TPSA) is 58.4 Å². The summed E-state index contributed by atoms with van der Waals surface area (Å²) in [5, 5.41) is 4.88. The third-order valence-corrected chi connectivity index (χ3v) is 3.62. The Morgan fingerprint density at radius 2 is 2.05 bits per heavy atom. The number of carbonyl (C=O) groups excluding carboxylic acids is 1. The van der Waals surface area contributed by atoms with E-state index in [0.717, 1.165) is 5.69 Å². The second-order valence-electron chi connectivity index (χ2n) is 4.15. The van der Waals surface area contributed by atoms with Gasteiger partial charge < -0.3 is 16.0 Å². The normalized spacial score (nSPS) is 10.2. The van der Waals surface area contributed by atoms with Gasteiger partial charge in [-0.1, -0.05) is 6.07 Å². The van der Waals surface area contributed by atoms with Gasteiger partial charge in [0.1, 0.15) is 0 Å². The Kier molecular flexibility index (Phi) is 4.41. The van der Waals surface area contributed by atoms with Gasteiger partial charge in [0.15, 0.2) is 0 Å². The van der Waals surface area contributed by atoms with Crippen LogP contribution in [0, 0.1) is 0 Å². The minimum Gasteiger partial charge on any atom is -0.399 e. The predicted molar refractivity (Wildman–Crippen MR) is 80.3 cm³/mol. The number of amides is 2. The zero-order valence-corrected chi connectivity index (χ0v) is 11.6. The summed E-state index contributed by atoms with van der Waals surface area (Å²) in [5.74, 6) is 0. The zero-order chi connectivity index (χ0) is 13.7. The molecule has 5 heteroatoms. The number of thiophene rings is 1. The Hall–Kier alpha value is -2.01. The van der Waals surface area contributed by atoms with Crippen LogP contribution >= 0.6 is 11.3 Å². The molecule has 0 aliphatic rings. The fourth-order valence-electron chi connectivity index (χ4n) is 1.69. The fourth-order valence-corrected chi connectivity index (χ4v) is 2.41. The van der Waals surface area contributed by atoms with Gasteiger partial charge in [0.05, 0.1) is 6.54 Å². The molecule has 0 saturated carbocycles. The van der Waals surface area contributed by atoms with Crippen LogP contribution in [0.2, 0.25) is 0 Å². The number of nitrogens with two attached hydrogens (primary N) is 1. The fraction of sp³-hybridized carbons (Fsp3) is 0.214. The summed E-state index contributed by atoms with van der Waals surface area (Å²) in [6.45, 7) is 3.27. The van der Waals surface area contributed by atoms with Crippen LogP contribution in [-0.2, 0) is 6.54 Å². The van der Waals surface area contributed by atoms with E-state index >= 15 is 0 Å². The van der Waals surface area contributed by atoms with E-state index in [9.17, 15) is 4.79 Å². The molecule has 0 aliphatic heterocycles. The lowest BCUT2D eigenvalue weighted by molar-refractivity contribution is 0.212. The summed E-state index contributed by atoms with van der Waals surface area (Å²) in [4.78, 5) is 15.1. The van der Waals surface area contributed by atoms with Crippen LogP contribution in [-0.4, -0.2) is 17.5 Å². The maximum Gasteiger partial charge on any atom is 0.322 e. The van der Waals surface area contributed by atoms with Crippen LogP contribution in [0.4, 0.5) is 16.2 Å². The van der Waals surface area contributed by atoms with Crippen molar-refractivity contribution >= 4 is 28.7 Å². The minimum atomic E-state index is -0.0966. The highest BCUT2D eigenvalue weighted by Crippen LogP contribution is 2.14. The quantitative estimate of drug-likeness (QED) is 0.840. The van der Waals surface area contributed by atoms with Gasteiger partial charge in [-0.05, 0) is 42.6 Å². The van der Waals surface area contributed by atoms with Crippen LogP contribution in [0.15, 0.2) is 41.8 Å². The SMILES string of the molecule is CCN(Cc1cccs1)C(=O)Nc1ccc(N)cc1. The molecule has 100 valence electrons. The highest BCUT2D eigenvalue weighted by Gasteiger charge is 2.12. The first-order chi connectivity index (χ1) is 9.19. The molecular weight excluding hydrogens is 258 g/mol. The molecule has 0 aliphatic carbocycles. The van der Waals surface area contributed by atoms with Gasteiger partial charge >= 0.3 is 6.03 Å². The number of nitrogens with zero attached hydrogens (tertiary/aromatic N) is 1. The summed E-state index contributed by atoms with van der Waals surface area (Å²) in [6, 6.07) is 11.1. The maximum absolute atomic E-state index is 12.1. The molecule has 0 radical (unpaired) electrons. The molecule has 0 atom stereocenters. The Labute approximate surface area is 116 Å². The molecule has 0 fully saturated rings. The molecule has 1 aromatic carbocycles. The first-order valence-corrected chi connectivity index (χ1v) is 7.01. The Bertz CT molecular complexity index is 522. The molecule has 2 rings (SSSR count). The van der Waals surface area contributed by atoms with Gasteiger partial charge in [0.25, 0.3) is 0 Å². The van der Waals surface area contributed by atoms with Crippen LogP contribution in [0.5, 0.6) is 0 Å². The number of hydrogen-bond donors (Lipinski definition) is 2. The molecule has 0 spiro atoms. The molecule has 0 bridgehead atoms. The number of hydrogen-bond acceptors (Lipinski definition) is 3. The first-order valence-electron chi connectivity index (χ1n) is 6.13. The van der Waals surface area contributed by atoms with Gasteiger partial charge in [0, 0.05) is 22.8 Å². The number of anilines is 2. The Balaban J connectivity index is 1.98. The second kappa shape index (κ2) is 6.24. The van der Waals surface area contributed by atoms with Gasteiger partial charge in [0.2, 0.25) is 0 Å². The highest BCUT2D eigenvalue weighted by molar-refractivity contribution is 7.09. The monoisotopic (exact) mass is 275 g/mol. The van der Waals surface area contributed by atoms with Gasteiger partial charge in [-0.25, -0.2) is 4.79 Å². The summed E-state index contributed by atoms with van der Waals surface area (Å²) < 4.78 is 0. The third-order valence-electron chi connectivity index (χ3n) is 2.76. The zero-order valence-electron chi connectivity index (χ0n) is 10.8. The lowest BCUT2D eigenvalue weighted by atomic mass is 10.3. The van der Waals surface area contributed by atoms with Crippen molar-refractivity contribution in [1.29, 1.82) is 0 Å². The summed E-state index contributed by atoms with van der Waals surface area (Å²) in [7, 11) is 0. The van der Waals surface area contributed by atoms with Crippen LogP contribution in [0.1, 0.15) is 11.8 Å². The number of carbonyl (C=O) groups is 1. The van der Waals surface area contributed by atoms with E-state index in [-0.39, 0.29) is 6.03 Å². The average Bonchev–Trinajstić information content (AvgIpc) is 2.91. The van der Waals surface area contributed by atoms with E-state index in [2.05, 4.69) is 5.32 Å². The van der Waals surface area contributed by atoms with Crippen LogP contribution in [0.25, 0.3) is 0 Å². The largest absolute Gasteiger partial charge is 0.399 e. The molecule has 4 nitrogen and oxygen atoms in total. The van der Waals surface area contributed by atoms with E-state index in [1.54, 1.807) is 40.5 Å². The summed E-state index contributed by atoms with van der Waals surface area (Å²) in [6.07, 6.45) is 0. The smallest absolute Gasteiger partial charge is 0.322 e. The molecule has 0 unspecified atom stereocenters. The van der Waals surface area contributed by atoms with Crippen molar-refractivity contribution in [2.75, 3.05) is 17.6 Å². The molecule has 2 amide bonds. The number of rotatable bonds is 4. The summed E-state index contributed by atoms with van der Waals surface area (Å²) >= 11 is 1.65. The molecule has 2 aromatic rings. The number of nitrogens with one attached hydrogen (secondary N) is 1. The maximum atomic E-state index is 12.1. The van der Waals surface area contributed by atoms with Gasteiger partial charge in [-0.2, -0.15) is 0 Å². The predicted octanol–water partition coefficient (Wildman–Crippen LogP) is 3.38. The first kappa shape index (κ1) is 13.4. The minimum absolute atomic E-state index is 0.0966. The molecule has 1 heterocycles. The van der Waals surface area contributed by atoms with Crippen molar-refractivity contribution in [3.63, 3.8) is 0 Å². The number of urea groups is 1. The van der Waals surface area contributed by atoms with E-state index in [1.807, 2.05) is 24.4 Å². The lowest BCUT2D eigenvalue weighted by Gasteiger charge is -2.20. The van der Waals surface area contributed by atoms with E-state index < -0.39 is 0 Å². The van der Waals surface area contributed by atoms with Gasteiger partial charge in [-0.3, -0.25) is 0 Å². The molecule has 1 aromatic heterocycles. The Morgan fingerprint density at radius 3 is 2.63 bits per heavy atom. The average molecular weight is 275 g/mol. The lowest BCUT2D eigenvalue weighted by Crippen LogP contribution is -2.34. The van der Waals surface area contributed by atoms with Gasteiger partial charge in [-0.15, -0.1) is 11.3 Å². The summed E-state index contributed by atoms with van der Waals surface area (Å²) in [5.41, 5.74) is 7.05. The molecule has 19 heavy (non-hydrogen) atoms. The number of nitrogen functional groups attached to an aromatic ring is 1. The highest BCUT2D eigenvalue weighted by atomic mass is 32.1. The third kappa shape index (κ3) is 3.72. The van der Waals surface area contributed by atoms with Crippen LogP contribution < -0.4 is 11.1 Å². The molecule has 3 N–H and O–H groups in total. The van der Waals surface area contributed by atoms with Crippen molar-refractivity contribution in [1.82, 2.24) is 4.90 Å². The van der Waals surface area contributed by atoms with Crippen LogP contribution in [0.3, 0.4) is 0 Å².